The Balaban J connectivity index is 1.71. The Morgan fingerprint density at radius 2 is 2.22 bits per heavy atom. The highest BCUT2D eigenvalue weighted by molar-refractivity contribution is 8.00. The van der Waals surface area contributed by atoms with Crippen LogP contribution in [0, 0.1) is 0 Å². The molecule has 1 aliphatic heterocycles. The van der Waals surface area contributed by atoms with Gasteiger partial charge in [-0.15, -0.1) is 0 Å². The number of anilines is 2. The lowest BCUT2D eigenvalue weighted by Gasteiger charge is -2.13. The second-order valence-corrected chi connectivity index (χ2v) is 5.94. The van der Waals surface area contributed by atoms with E-state index in [1.165, 1.54) is 18.6 Å². The molecule has 1 N–H and O–H groups in total. The standard InChI is InChI=1S/C14H17N3S/c1-2-5-12(6-3-1)16-14-15-8-9-17(14)11-13-7-4-10-18-13/h1-3,5-6,8-9,13H,4,7,10-11H2,(H,15,16). The summed E-state index contributed by atoms with van der Waals surface area (Å²) in [4.78, 5) is 4.40. The molecule has 2 heterocycles. The Labute approximate surface area is 112 Å². The first-order valence-electron chi connectivity index (χ1n) is 6.36. The van der Waals surface area contributed by atoms with E-state index in [0.29, 0.717) is 0 Å². The number of aromatic nitrogens is 2. The first-order chi connectivity index (χ1) is 8.92. The van der Waals surface area contributed by atoms with E-state index in [0.717, 1.165) is 23.4 Å². The number of para-hydroxylation sites is 1. The molecular formula is C14H17N3S. The van der Waals surface area contributed by atoms with Gasteiger partial charge in [0.15, 0.2) is 0 Å². The molecule has 1 aromatic carbocycles. The molecule has 94 valence electrons. The predicted molar refractivity (Wildman–Crippen MR) is 77.4 cm³/mol. The Morgan fingerprint density at radius 3 is 3.00 bits per heavy atom. The third-order valence-electron chi connectivity index (χ3n) is 3.17. The average molecular weight is 259 g/mol. The van der Waals surface area contributed by atoms with Gasteiger partial charge in [0.2, 0.25) is 5.95 Å². The van der Waals surface area contributed by atoms with Gasteiger partial charge < -0.3 is 9.88 Å². The van der Waals surface area contributed by atoms with Crippen LogP contribution in [0.5, 0.6) is 0 Å². The van der Waals surface area contributed by atoms with Crippen LogP contribution in [0.15, 0.2) is 42.7 Å². The molecule has 0 saturated carbocycles. The number of rotatable bonds is 4. The van der Waals surface area contributed by atoms with E-state index in [9.17, 15) is 0 Å². The fraction of sp³-hybridized carbons (Fsp3) is 0.357. The quantitative estimate of drug-likeness (QED) is 0.911. The Morgan fingerprint density at radius 1 is 1.33 bits per heavy atom. The largest absolute Gasteiger partial charge is 0.326 e. The summed E-state index contributed by atoms with van der Waals surface area (Å²) in [5.41, 5.74) is 1.09. The normalized spacial score (nSPS) is 19.0. The van der Waals surface area contributed by atoms with Crippen LogP contribution in [-0.4, -0.2) is 20.6 Å². The highest BCUT2D eigenvalue weighted by atomic mass is 32.2. The molecule has 18 heavy (non-hydrogen) atoms. The van der Waals surface area contributed by atoms with Gasteiger partial charge in [0.25, 0.3) is 0 Å². The number of nitrogens with one attached hydrogen (secondary N) is 1. The fourth-order valence-electron chi connectivity index (χ4n) is 2.24. The summed E-state index contributed by atoms with van der Waals surface area (Å²) in [5, 5.41) is 4.11. The summed E-state index contributed by atoms with van der Waals surface area (Å²) < 4.78 is 2.22. The van der Waals surface area contributed by atoms with Crippen LogP contribution in [0.25, 0.3) is 0 Å². The lowest BCUT2D eigenvalue weighted by atomic mass is 10.2. The van der Waals surface area contributed by atoms with Gasteiger partial charge in [0, 0.05) is 29.9 Å². The molecule has 1 unspecified atom stereocenters. The van der Waals surface area contributed by atoms with E-state index in [1.54, 1.807) is 0 Å². The smallest absolute Gasteiger partial charge is 0.207 e. The van der Waals surface area contributed by atoms with Crippen molar-refractivity contribution in [3.8, 4) is 0 Å². The van der Waals surface area contributed by atoms with Crippen molar-refractivity contribution < 1.29 is 0 Å². The summed E-state index contributed by atoms with van der Waals surface area (Å²) >= 11 is 2.08. The van der Waals surface area contributed by atoms with Gasteiger partial charge in [-0.2, -0.15) is 11.8 Å². The Hall–Kier alpha value is -1.42. The highest BCUT2D eigenvalue weighted by Crippen LogP contribution is 2.28. The van der Waals surface area contributed by atoms with Gasteiger partial charge in [-0.1, -0.05) is 18.2 Å². The van der Waals surface area contributed by atoms with Crippen molar-refractivity contribution in [2.24, 2.45) is 0 Å². The van der Waals surface area contributed by atoms with E-state index in [2.05, 4.69) is 45.0 Å². The Kier molecular flexibility index (Phi) is 3.55. The molecular weight excluding hydrogens is 242 g/mol. The minimum Gasteiger partial charge on any atom is -0.326 e. The van der Waals surface area contributed by atoms with Gasteiger partial charge in [-0.25, -0.2) is 4.98 Å². The summed E-state index contributed by atoms with van der Waals surface area (Å²) in [6.45, 7) is 1.06. The second-order valence-electron chi connectivity index (χ2n) is 4.53. The molecule has 0 amide bonds. The number of nitrogens with zero attached hydrogens (tertiary/aromatic N) is 2. The first kappa shape index (κ1) is 11.7. The predicted octanol–water partition coefficient (Wildman–Crippen LogP) is 3.52. The van der Waals surface area contributed by atoms with E-state index in [4.69, 9.17) is 0 Å². The molecule has 0 spiro atoms. The van der Waals surface area contributed by atoms with Crippen LogP contribution in [0.1, 0.15) is 12.8 Å². The molecule has 0 radical (unpaired) electrons. The summed E-state index contributed by atoms with van der Waals surface area (Å²) in [7, 11) is 0. The minimum atomic E-state index is 0.746. The third kappa shape index (κ3) is 2.70. The van der Waals surface area contributed by atoms with E-state index in [-0.39, 0.29) is 0 Å². The highest BCUT2D eigenvalue weighted by Gasteiger charge is 2.17. The number of thioether (sulfide) groups is 1. The van der Waals surface area contributed by atoms with E-state index < -0.39 is 0 Å². The van der Waals surface area contributed by atoms with E-state index in [1.807, 2.05) is 24.4 Å². The number of hydrogen-bond donors (Lipinski definition) is 1. The minimum absolute atomic E-state index is 0.746. The van der Waals surface area contributed by atoms with E-state index >= 15 is 0 Å². The monoisotopic (exact) mass is 259 g/mol. The van der Waals surface area contributed by atoms with Crippen LogP contribution in [-0.2, 0) is 6.54 Å². The zero-order valence-electron chi connectivity index (χ0n) is 10.2. The summed E-state index contributed by atoms with van der Waals surface area (Å²) in [6.07, 6.45) is 6.61. The molecule has 3 rings (SSSR count). The maximum Gasteiger partial charge on any atom is 0.207 e. The fourth-order valence-corrected chi connectivity index (χ4v) is 3.50. The van der Waals surface area contributed by atoms with Gasteiger partial charge in [0.1, 0.15) is 0 Å². The summed E-state index contributed by atoms with van der Waals surface area (Å²) in [5.74, 6) is 2.24. The van der Waals surface area contributed by atoms with Gasteiger partial charge in [-0.05, 0) is 30.7 Å². The second kappa shape index (κ2) is 5.48. The average Bonchev–Trinajstić information content (AvgIpc) is 3.04. The maximum atomic E-state index is 4.40. The van der Waals surface area contributed by atoms with Crippen molar-refractivity contribution in [2.75, 3.05) is 11.1 Å². The van der Waals surface area contributed by atoms with Crippen LogP contribution in [0.4, 0.5) is 11.6 Å². The molecule has 1 atom stereocenters. The lowest BCUT2D eigenvalue weighted by Crippen LogP contribution is -2.11. The van der Waals surface area contributed by atoms with Crippen molar-refractivity contribution in [1.29, 1.82) is 0 Å². The molecule has 4 heteroatoms. The van der Waals surface area contributed by atoms with Gasteiger partial charge >= 0.3 is 0 Å². The number of benzene rings is 1. The molecule has 1 aliphatic rings. The van der Waals surface area contributed by atoms with Crippen molar-refractivity contribution in [3.05, 3.63) is 42.7 Å². The number of imidazole rings is 1. The van der Waals surface area contributed by atoms with Crippen molar-refractivity contribution in [1.82, 2.24) is 9.55 Å². The van der Waals surface area contributed by atoms with Crippen molar-refractivity contribution in [3.63, 3.8) is 0 Å². The molecule has 0 aliphatic carbocycles. The topological polar surface area (TPSA) is 29.9 Å². The lowest BCUT2D eigenvalue weighted by molar-refractivity contribution is 0.644. The van der Waals surface area contributed by atoms with Crippen LogP contribution < -0.4 is 5.32 Å². The number of hydrogen-bond acceptors (Lipinski definition) is 3. The van der Waals surface area contributed by atoms with Crippen molar-refractivity contribution in [2.45, 2.75) is 24.6 Å². The van der Waals surface area contributed by atoms with Crippen molar-refractivity contribution >= 4 is 23.4 Å². The molecule has 1 saturated heterocycles. The SMILES string of the molecule is c1ccc(Nc2nccn2CC2CCCS2)cc1. The zero-order valence-corrected chi connectivity index (χ0v) is 11.1. The van der Waals surface area contributed by atoms with Crippen LogP contribution in [0.2, 0.25) is 0 Å². The molecule has 1 fully saturated rings. The molecule has 3 nitrogen and oxygen atoms in total. The zero-order chi connectivity index (χ0) is 12.2. The van der Waals surface area contributed by atoms with Crippen LogP contribution >= 0.6 is 11.8 Å². The maximum absolute atomic E-state index is 4.40. The molecule has 2 aromatic rings. The van der Waals surface area contributed by atoms with Gasteiger partial charge in [-0.3, -0.25) is 0 Å². The van der Waals surface area contributed by atoms with Gasteiger partial charge in [0.05, 0.1) is 0 Å². The summed E-state index contributed by atoms with van der Waals surface area (Å²) in [6, 6.07) is 10.2. The Bertz CT molecular complexity index is 489. The third-order valence-corrected chi connectivity index (χ3v) is 4.55. The first-order valence-corrected chi connectivity index (χ1v) is 7.41. The molecule has 0 bridgehead atoms. The molecule has 1 aromatic heterocycles. The van der Waals surface area contributed by atoms with Crippen LogP contribution in [0.3, 0.4) is 0 Å².